The van der Waals surface area contributed by atoms with Gasteiger partial charge in [-0.3, -0.25) is 4.79 Å². The summed E-state index contributed by atoms with van der Waals surface area (Å²) in [6.45, 7) is 4.24. The lowest BCUT2D eigenvalue weighted by Gasteiger charge is -2.31. The molecule has 1 aliphatic carbocycles. The van der Waals surface area contributed by atoms with Crippen LogP contribution in [0.25, 0.3) is 0 Å². The van der Waals surface area contributed by atoms with E-state index >= 15 is 0 Å². The van der Waals surface area contributed by atoms with Gasteiger partial charge in [-0.05, 0) is 18.3 Å². The van der Waals surface area contributed by atoms with Gasteiger partial charge in [-0.25, -0.2) is 0 Å². The Morgan fingerprint density at radius 3 is 1.91 bits per heavy atom. The number of carbonyl (C=O) groups is 1. The smallest absolute Gasteiger partial charge is 0.160 e. The van der Waals surface area contributed by atoms with Gasteiger partial charge in [-0.15, -0.1) is 0 Å². The fourth-order valence-electron chi connectivity index (χ4n) is 1.54. The summed E-state index contributed by atoms with van der Waals surface area (Å²) in [6.07, 6.45) is 1.12. The minimum Gasteiger partial charge on any atom is -0.297 e. The van der Waals surface area contributed by atoms with Crippen molar-refractivity contribution in [1.82, 2.24) is 0 Å². The molecule has 0 radical (unpaired) electrons. The van der Waals surface area contributed by atoms with Crippen molar-refractivity contribution in [2.45, 2.75) is 29.9 Å². The third-order valence-corrected chi connectivity index (χ3v) is 4.99. The van der Waals surface area contributed by atoms with E-state index in [1.165, 1.54) is 0 Å². The summed E-state index contributed by atoms with van der Waals surface area (Å²) in [5.74, 6) is 1.26. The lowest BCUT2D eigenvalue weighted by Crippen LogP contribution is -2.39. The zero-order valence-corrected chi connectivity index (χ0v) is 9.85. The Morgan fingerprint density at radius 2 is 1.55 bits per heavy atom. The van der Waals surface area contributed by atoms with Crippen LogP contribution in [-0.2, 0) is 4.79 Å². The summed E-state index contributed by atoms with van der Waals surface area (Å²) in [5.41, 5.74) is 0. The second-order valence-corrected chi connectivity index (χ2v) is 5.37. The van der Waals surface area contributed by atoms with Gasteiger partial charge in [0.15, 0.2) is 5.78 Å². The summed E-state index contributed by atoms with van der Waals surface area (Å²) in [7, 11) is 0. The van der Waals surface area contributed by atoms with Gasteiger partial charge in [0, 0.05) is 0 Å². The first-order valence-electron chi connectivity index (χ1n) is 3.86. The molecule has 0 aromatic heterocycles. The van der Waals surface area contributed by atoms with E-state index in [2.05, 4.69) is 45.7 Å². The molecule has 3 heteroatoms. The summed E-state index contributed by atoms with van der Waals surface area (Å²) in [6, 6.07) is 0. The highest BCUT2D eigenvalue weighted by Crippen LogP contribution is 2.34. The predicted molar refractivity (Wildman–Crippen MR) is 53.4 cm³/mol. The van der Waals surface area contributed by atoms with Crippen LogP contribution >= 0.6 is 31.9 Å². The summed E-state index contributed by atoms with van der Waals surface area (Å²) >= 11 is 6.81. The van der Waals surface area contributed by atoms with Crippen LogP contribution in [0.2, 0.25) is 0 Å². The second-order valence-electron chi connectivity index (χ2n) is 3.40. The number of alkyl halides is 2. The molecule has 4 atom stereocenters. The molecule has 1 saturated carbocycles. The van der Waals surface area contributed by atoms with E-state index in [1.807, 2.05) is 0 Å². The predicted octanol–water partition coefficient (Wildman–Crippen LogP) is 2.76. The molecule has 0 N–H and O–H groups in total. The fourth-order valence-corrected chi connectivity index (χ4v) is 2.89. The molecule has 1 nitrogen and oxygen atoms in total. The SMILES string of the molecule is CC1CC(C)C(Br)C(=O)C1Br. The molecule has 1 fully saturated rings. The number of hydrogen-bond donors (Lipinski definition) is 0. The Morgan fingerprint density at radius 1 is 1.18 bits per heavy atom. The fraction of sp³-hybridized carbons (Fsp3) is 0.875. The Labute approximate surface area is 84.2 Å². The molecule has 0 bridgehead atoms. The van der Waals surface area contributed by atoms with Gasteiger partial charge in [0.2, 0.25) is 0 Å². The summed E-state index contributed by atoms with van der Waals surface area (Å²) in [5, 5.41) is 0. The van der Waals surface area contributed by atoms with Crippen molar-refractivity contribution >= 4 is 37.6 Å². The van der Waals surface area contributed by atoms with Crippen molar-refractivity contribution in [1.29, 1.82) is 0 Å². The number of carbonyl (C=O) groups excluding carboxylic acids is 1. The first-order valence-corrected chi connectivity index (χ1v) is 5.69. The Bertz CT molecular complexity index is 153. The molecule has 0 amide bonds. The zero-order chi connectivity index (χ0) is 8.59. The third kappa shape index (κ3) is 1.86. The Hall–Kier alpha value is 0.630. The Balaban J connectivity index is 2.71. The largest absolute Gasteiger partial charge is 0.297 e. The van der Waals surface area contributed by atoms with E-state index in [0.717, 1.165) is 6.42 Å². The van der Waals surface area contributed by atoms with Crippen LogP contribution in [0.4, 0.5) is 0 Å². The highest BCUT2D eigenvalue weighted by Gasteiger charge is 2.37. The quantitative estimate of drug-likeness (QED) is 0.625. The van der Waals surface area contributed by atoms with Gasteiger partial charge in [0.05, 0.1) is 9.65 Å². The van der Waals surface area contributed by atoms with Crippen LogP contribution in [0.5, 0.6) is 0 Å². The molecule has 0 saturated heterocycles. The van der Waals surface area contributed by atoms with E-state index in [1.54, 1.807) is 0 Å². The maximum absolute atomic E-state index is 11.5. The van der Waals surface area contributed by atoms with E-state index < -0.39 is 0 Å². The standard InChI is InChI=1S/C8H12Br2O/c1-4-3-5(2)7(10)8(11)6(4)9/h4-7H,3H2,1-2H3. The molecule has 1 rings (SSSR count). The van der Waals surface area contributed by atoms with Crippen molar-refractivity contribution in [3.8, 4) is 0 Å². The number of rotatable bonds is 0. The molecule has 64 valence electrons. The molecule has 0 spiro atoms. The monoisotopic (exact) mass is 282 g/mol. The van der Waals surface area contributed by atoms with Gasteiger partial charge < -0.3 is 0 Å². The molecule has 0 aromatic carbocycles. The van der Waals surface area contributed by atoms with E-state index in [4.69, 9.17) is 0 Å². The van der Waals surface area contributed by atoms with Crippen molar-refractivity contribution in [2.24, 2.45) is 11.8 Å². The topological polar surface area (TPSA) is 17.1 Å². The van der Waals surface area contributed by atoms with Gasteiger partial charge in [-0.1, -0.05) is 45.7 Å². The normalized spacial score (nSPS) is 46.0. The molecule has 0 aliphatic heterocycles. The van der Waals surface area contributed by atoms with Crippen LogP contribution < -0.4 is 0 Å². The average Bonchev–Trinajstić information content (AvgIpc) is 1.97. The maximum atomic E-state index is 11.5. The summed E-state index contributed by atoms with van der Waals surface area (Å²) < 4.78 is 0. The highest BCUT2D eigenvalue weighted by atomic mass is 79.9. The van der Waals surface area contributed by atoms with Gasteiger partial charge in [0.1, 0.15) is 0 Å². The van der Waals surface area contributed by atoms with Crippen molar-refractivity contribution < 1.29 is 4.79 Å². The first-order chi connectivity index (χ1) is 5.04. The molecule has 4 unspecified atom stereocenters. The van der Waals surface area contributed by atoms with Gasteiger partial charge in [-0.2, -0.15) is 0 Å². The van der Waals surface area contributed by atoms with Crippen LogP contribution in [0.1, 0.15) is 20.3 Å². The van der Waals surface area contributed by atoms with E-state index in [9.17, 15) is 4.79 Å². The van der Waals surface area contributed by atoms with Crippen LogP contribution in [-0.4, -0.2) is 15.4 Å². The van der Waals surface area contributed by atoms with Gasteiger partial charge >= 0.3 is 0 Å². The minimum absolute atomic E-state index is 0.0584. The second kappa shape index (κ2) is 3.56. The molecular formula is C8H12Br2O. The lowest BCUT2D eigenvalue weighted by molar-refractivity contribution is -0.120. The third-order valence-electron chi connectivity index (χ3n) is 2.29. The van der Waals surface area contributed by atoms with Crippen LogP contribution in [0, 0.1) is 11.8 Å². The number of hydrogen-bond acceptors (Lipinski definition) is 1. The molecule has 0 heterocycles. The zero-order valence-electron chi connectivity index (χ0n) is 6.68. The molecule has 1 aliphatic rings. The molecule has 0 aromatic rings. The van der Waals surface area contributed by atoms with Gasteiger partial charge in [0.25, 0.3) is 0 Å². The van der Waals surface area contributed by atoms with Crippen molar-refractivity contribution in [3.63, 3.8) is 0 Å². The first kappa shape index (κ1) is 9.72. The van der Waals surface area contributed by atoms with Crippen molar-refractivity contribution in [3.05, 3.63) is 0 Å². The average molecular weight is 284 g/mol. The maximum Gasteiger partial charge on any atom is 0.160 e. The highest BCUT2D eigenvalue weighted by molar-refractivity contribution is 9.10. The Kier molecular flexibility index (Phi) is 3.15. The molecular weight excluding hydrogens is 272 g/mol. The summed E-state index contributed by atoms with van der Waals surface area (Å²) in [4.78, 5) is 11.6. The lowest BCUT2D eigenvalue weighted by atomic mass is 9.82. The number of halogens is 2. The van der Waals surface area contributed by atoms with E-state index in [0.29, 0.717) is 17.6 Å². The number of Topliss-reactive ketones (excluding diaryl/α,β-unsaturated/α-hetero) is 1. The van der Waals surface area contributed by atoms with E-state index in [-0.39, 0.29) is 9.65 Å². The minimum atomic E-state index is 0.0584. The van der Waals surface area contributed by atoms with Crippen molar-refractivity contribution in [2.75, 3.05) is 0 Å². The number of ketones is 1. The van der Waals surface area contributed by atoms with Crippen LogP contribution in [0.15, 0.2) is 0 Å². The molecule has 11 heavy (non-hydrogen) atoms. The van der Waals surface area contributed by atoms with Crippen LogP contribution in [0.3, 0.4) is 0 Å².